The summed E-state index contributed by atoms with van der Waals surface area (Å²) < 4.78 is 10.5. The molecule has 1 amide bonds. The van der Waals surface area contributed by atoms with Crippen LogP contribution in [0.5, 0.6) is 0 Å². The number of nitrogens with one attached hydrogen (secondary N) is 1. The molecule has 0 aliphatic heterocycles. The van der Waals surface area contributed by atoms with Crippen molar-refractivity contribution < 1.29 is 14.3 Å². The van der Waals surface area contributed by atoms with Crippen LogP contribution in [0.4, 0.5) is 5.69 Å². The van der Waals surface area contributed by atoms with Gasteiger partial charge in [0, 0.05) is 25.2 Å². The lowest BCUT2D eigenvalue weighted by atomic mass is 10.2. The normalized spacial score (nSPS) is 10.0. The third-order valence-corrected chi connectivity index (χ3v) is 2.99. The first-order chi connectivity index (χ1) is 11.7. The molecule has 1 rings (SSSR count). The number of carbonyl (C=O) groups is 1. The number of ether oxygens (including phenoxy) is 2. The van der Waals surface area contributed by atoms with Gasteiger partial charge in [-0.1, -0.05) is 36.4 Å². The number of hydrogen-bond acceptors (Lipinski definition) is 5. The topological polar surface area (TPSA) is 99.6 Å². The molecule has 0 aliphatic carbocycles. The van der Waals surface area contributed by atoms with Crippen molar-refractivity contribution in [3.05, 3.63) is 54.1 Å². The first kappa shape index (κ1) is 19.9. The van der Waals surface area contributed by atoms with E-state index in [1.54, 1.807) is 0 Å². The zero-order valence-corrected chi connectivity index (χ0v) is 13.9. The summed E-state index contributed by atoms with van der Waals surface area (Å²) in [5.41, 5.74) is 12.8. The summed E-state index contributed by atoms with van der Waals surface area (Å²) in [6.45, 7) is 2.75. The van der Waals surface area contributed by atoms with Crippen LogP contribution in [0.3, 0.4) is 0 Å². The van der Waals surface area contributed by atoms with Gasteiger partial charge in [0.05, 0.1) is 26.4 Å². The van der Waals surface area contributed by atoms with E-state index in [1.165, 1.54) is 0 Å². The van der Waals surface area contributed by atoms with Gasteiger partial charge in [-0.2, -0.15) is 0 Å². The van der Waals surface area contributed by atoms with Crippen molar-refractivity contribution >= 4 is 11.6 Å². The summed E-state index contributed by atoms with van der Waals surface area (Å²) in [5, 5.41) is 2.86. The van der Waals surface area contributed by atoms with Crippen molar-refractivity contribution in [1.29, 1.82) is 0 Å². The zero-order valence-electron chi connectivity index (χ0n) is 13.9. The predicted molar refractivity (Wildman–Crippen MR) is 95.6 cm³/mol. The van der Waals surface area contributed by atoms with Crippen LogP contribution in [0.15, 0.2) is 48.5 Å². The summed E-state index contributed by atoms with van der Waals surface area (Å²) >= 11 is 0. The standard InChI is InChI=1S/C18H27N3O3/c19-9-11-24-13-12-23-10-8-18(22)21-15-16-6-4-2-1-3-5-7-17(20)14-16/h1-7,14H,8-13,15,19-20H2,(H,21,22). The molecular formula is C18H27N3O3. The van der Waals surface area contributed by atoms with E-state index in [0.29, 0.717) is 51.6 Å². The van der Waals surface area contributed by atoms with Crippen LogP contribution >= 0.6 is 0 Å². The third-order valence-electron chi connectivity index (χ3n) is 2.99. The molecule has 24 heavy (non-hydrogen) atoms. The van der Waals surface area contributed by atoms with E-state index in [4.69, 9.17) is 20.9 Å². The fraction of sp³-hybridized carbons (Fsp3) is 0.389. The average Bonchev–Trinajstić information content (AvgIpc) is 2.58. The first-order valence-electron chi connectivity index (χ1n) is 8.02. The summed E-state index contributed by atoms with van der Waals surface area (Å²) in [6, 6.07) is 15.1. The Bertz CT molecular complexity index is 537. The van der Waals surface area contributed by atoms with Gasteiger partial charge in [0.15, 0.2) is 0 Å². The van der Waals surface area contributed by atoms with Crippen LogP contribution < -0.4 is 16.8 Å². The highest BCUT2D eigenvalue weighted by atomic mass is 16.5. The number of amides is 1. The van der Waals surface area contributed by atoms with E-state index in [0.717, 1.165) is 5.56 Å². The molecule has 1 aromatic carbocycles. The Kier molecular flexibility index (Phi) is 11.0. The number of carbonyl (C=O) groups excluding carboxylic acids is 1. The SMILES string of the molecule is NCCOCCOCCC(=O)NCc1cccccccc(N)c1. The Morgan fingerprint density at radius 3 is 2.38 bits per heavy atom. The number of nitrogens with two attached hydrogens (primary N) is 2. The molecule has 6 nitrogen and oxygen atoms in total. The molecule has 0 fully saturated rings. The molecule has 0 heterocycles. The zero-order chi connectivity index (χ0) is 17.5. The Labute approximate surface area is 143 Å². The smallest absolute Gasteiger partial charge is 0.222 e. The third kappa shape index (κ3) is 10.6. The second-order valence-corrected chi connectivity index (χ2v) is 5.05. The molecule has 0 spiro atoms. The van der Waals surface area contributed by atoms with Gasteiger partial charge >= 0.3 is 0 Å². The highest BCUT2D eigenvalue weighted by Gasteiger charge is 2.01. The van der Waals surface area contributed by atoms with Crippen molar-refractivity contribution in [3.63, 3.8) is 0 Å². The number of anilines is 1. The number of nitrogen functional groups attached to an aromatic ring is 1. The van der Waals surface area contributed by atoms with Crippen LogP contribution in [-0.2, 0) is 20.8 Å². The van der Waals surface area contributed by atoms with Crippen molar-refractivity contribution in [1.82, 2.24) is 5.32 Å². The summed E-state index contributed by atoms with van der Waals surface area (Å²) in [6.07, 6.45) is 0.307. The molecule has 0 aliphatic rings. The molecule has 5 N–H and O–H groups in total. The van der Waals surface area contributed by atoms with Crippen LogP contribution in [0.1, 0.15) is 12.0 Å². The minimum absolute atomic E-state index is 0.0674. The Morgan fingerprint density at radius 1 is 0.958 bits per heavy atom. The first-order valence-corrected chi connectivity index (χ1v) is 8.02. The van der Waals surface area contributed by atoms with Crippen LogP contribution in [-0.4, -0.2) is 38.9 Å². The summed E-state index contributed by atoms with van der Waals surface area (Å²) in [7, 11) is 0. The molecule has 0 bridgehead atoms. The molecule has 0 unspecified atom stereocenters. The highest BCUT2D eigenvalue weighted by molar-refractivity contribution is 5.75. The van der Waals surface area contributed by atoms with E-state index >= 15 is 0 Å². The van der Waals surface area contributed by atoms with E-state index in [9.17, 15) is 4.79 Å². The largest absolute Gasteiger partial charge is 0.399 e. The molecule has 0 saturated carbocycles. The van der Waals surface area contributed by atoms with E-state index in [-0.39, 0.29) is 5.91 Å². The molecule has 132 valence electrons. The van der Waals surface area contributed by atoms with Crippen molar-refractivity contribution in [2.24, 2.45) is 5.73 Å². The van der Waals surface area contributed by atoms with Gasteiger partial charge < -0.3 is 26.3 Å². The van der Waals surface area contributed by atoms with Crippen LogP contribution in [0.25, 0.3) is 0 Å². The van der Waals surface area contributed by atoms with Gasteiger partial charge in [0.2, 0.25) is 5.91 Å². The van der Waals surface area contributed by atoms with Gasteiger partial charge in [0.25, 0.3) is 0 Å². The van der Waals surface area contributed by atoms with Crippen molar-refractivity contribution in [2.45, 2.75) is 13.0 Å². The fourth-order valence-electron chi connectivity index (χ4n) is 1.82. The van der Waals surface area contributed by atoms with Crippen LogP contribution in [0, 0.1) is 0 Å². The Balaban J connectivity index is 2.32. The quantitative estimate of drug-likeness (QED) is 0.562. The van der Waals surface area contributed by atoms with E-state index < -0.39 is 0 Å². The summed E-state index contributed by atoms with van der Waals surface area (Å²) in [5.74, 6) is -0.0674. The van der Waals surface area contributed by atoms with Crippen LogP contribution in [0.2, 0.25) is 0 Å². The minimum Gasteiger partial charge on any atom is -0.399 e. The van der Waals surface area contributed by atoms with E-state index in [2.05, 4.69) is 5.32 Å². The molecule has 1 aromatic rings. The second kappa shape index (κ2) is 13.3. The summed E-state index contributed by atoms with van der Waals surface area (Å²) in [4.78, 5) is 11.8. The van der Waals surface area contributed by atoms with Gasteiger partial charge in [-0.05, 0) is 17.7 Å². The minimum atomic E-state index is -0.0674. The molecule has 0 atom stereocenters. The molecule has 6 heteroatoms. The Hall–Kier alpha value is -2.15. The van der Waals surface area contributed by atoms with E-state index in [1.807, 2.05) is 48.5 Å². The lowest BCUT2D eigenvalue weighted by molar-refractivity contribution is -0.122. The maximum Gasteiger partial charge on any atom is 0.222 e. The van der Waals surface area contributed by atoms with Gasteiger partial charge in [0.1, 0.15) is 0 Å². The lowest BCUT2D eigenvalue weighted by Crippen LogP contribution is -2.24. The lowest BCUT2D eigenvalue weighted by Gasteiger charge is -2.06. The van der Waals surface area contributed by atoms with Gasteiger partial charge in [-0.3, -0.25) is 4.79 Å². The van der Waals surface area contributed by atoms with Gasteiger partial charge in [-0.15, -0.1) is 0 Å². The van der Waals surface area contributed by atoms with Crippen molar-refractivity contribution in [2.75, 3.05) is 38.7 Å². The maximum atomic E-state index is 11.8. The van der Waals surface area contributed by atoms with Gasteiger partial charge in [-0.25, -0.2) is 0 Å². The average molecular weight is 333 g/mol. The predicted octanol–water partition coefficient (Wildman–Crippen LogP) is 1.39. The second-order valence-electron chi connectivity index (χ2n) is 5.05. The number of hydrogen-bond donors (Lipinski definition) is 3. The molecule has 0 aromatic heterocycles. The Morgan fingerprint density at radius 2 is 1.62 bits per heavy atom. The molecular weight excluding hydrogens is 306 g/mol. The maximum absolute atomic E-state index is 11.8. The van der Waals surface area contributed by atoms with Crippen molar-refractivity contribution in [3.8, 4) is 0 Å². The fourth-order valence-corrected chi connectivity index (χ4v) is 1.82. The number of rotatable bonds is 10. The molecule has 0 saturated heterocycles. The molecule has 0 radical (unpaired) electrons. The monoisotopic (exact) mass is 333 g/mol. The highest BCUT2D eigenvalue weighted by Crippen LogP contribution is 2.02.